The Morgan fingerprint density at radius 1 is 1.28 bits per heavy atom. The van der Waals surface area contributed by atoms with E-state index < -0.39 is 5.82 Å². The van der Waals surface area contributed by atoms with Crippen molar-refractivity contribution in [1.29, 1.82) is 0 Å². The summed E-state index contributed by atoms with van der Waals surface area (Å²) in [6.45, 7) is 1.50. The minimum atomic E-state index is -0.480. The van der Waals surface area contributed by atoms with Crippen molar-refractivity contribution in [3.8, 4) is 0 Å². The fraction of sp³-hybridized carbons (Fsp3) is 0.350. The van der Waals surface area contributed by atoms with Crippen molar-refractivity contribution in [3.05, 3.63) is 46.3 Å². The summed E-state index contributed by atoms with van der Waals surface area (Å²) >= 11 is 7.22. The zero-order valence-electron chi connectivity index (χ0n) is 16.2. The van der Waals surface area contributed by atoms with E-state index in [0.29, 0.717) is 22.4 Å². The van der Waals surface area contributed by atoms with Gasteiger partial charge in [-0.2, -0.15) is 0 Å². The number of likely N-dealkylation sites (tertiary alicyclic amines) is 1. The zero-order valence-corrected chi connectivity index (χ0v) is 17.7. The number of carbonyl (C=O) groups is 1. The van der Waals surface area contributed by atoms with E-state index in [1.54, 1.807) is 6.07 Å². The number of piperidine rings is 1. The van der Waals surface area contributed by atoms with Gasteiger partial charge in [-0.25, -0.2) is 14.4 Å². The third kappa shape index (κ3) is 4.19. The second kappa shape index (κ2) is 8.22. The SMILES string of the molecule is CN(C)C1CCN(C(=O)c2cc3c(Nc4ccc(F)c(Cl)c4)ncnc3s2)CC1. The van der Waals surface area contributed by atoms with Crippen LogP contribution in [0.25, 0.3) is 10.2 Å². The number of hydrogen-bond donors (Lipinski definition) is 1. The topological polar surface area (TPSA) is 61.4 Å². The van der Waals surface area contributed by atoms with Gasteiger partial charge in [0.15, 0.2) is 0 Å². The Labute approximate surface area is 177 Å². The van der Waals surface area contributed by atoms with Gasteiger partial charge in [-0.05, 0) is 51.2 Å². The van der Waals surface area contributed by atoms with Gasteiger partial charge in [-0.15, -0.1) is 11.3 Å². The summed E-state index contributed by atoms with van der Waals surface area (Å²) in [6, 6.07) is 6.72. The van der Waals surface area contributed by atoms with E-state index in [1.807, 2.05) is 11.0 Å². The van der Waals surface area contributed by atoms with Crippen LogP contribution in [-0.2, 0) is 0 Å². The minimum absolute atomic E-state index is 0.0287. The molecule has 0 aliphatic carbocycles. The molecule has 0 bridgehead atoms. The van der Waals surface area contributed by atoms with Gasteiger partial charge in [0.2, 0.25) is 0 Å². The third-order valence-corrected chi connectivity index (χ3v) is 6.53. The zero-order chi connectivity index (χ0) is 20.5. The first-order chi connectivity index (χ1) is 13.9. The lowest BCUT2D eigenvalue weighted by molar-refractivity contribution is 0.0668. The molecule has 3 aromatic rings. The van der Waals surface area contributed by atoms with E-state index >= 15 is 0 Å². The van der Waals surface area contributed by atoms with Gasteiger partial charge in [-0.1, -0.05) is 11.6 Å². The molecule has 0 spiro atoms. The minimum Gasteiger partial charge on any atom is -0.340 e. The normalized spacial score (nSPS) is 15.3. The van der Waals surface area contributed by atoms with E-state index in [0.717, 1.165) is 36.1 Å². The van der Waals surface area contributed by atoms with E-state index in [4.69, 9.17) is 11.6 Å². The van der Waals surface area contributed by atoms with Crippen molar-refractivity contribution in [2.24, 2.45) is 0 Å². The summed E-state index contributed by atoms with van der Waals surface area (Å²) in [5.41, 5.74) is 0.612. The van der Waals surface area contributed by atoms with Crippen LogP contribution in [0, 0.1) is 5.82 Å². The van der Waals surface area contributed by atoms with Crippen LogP contribution in [-0.4, -0.2) is 58.9 Å². The van der Waals surface area contributed by atoms with Crippen molar-refractivity contribution >= 4 is 50.6 Å². The molecule has 0 atom stereocenters. The highest BCUT2D eigenvalue weighted by Gasteiger charge is 2.26. The van der Waals surface area contributed by atoms with Crippen molar-refractivity contribution in [1.82, 2.24) is 19.8 Å². The molecule has 152 valence electrons. The summed E-state index contributed by atoms with van der Waals surface area (Å²) < 4.78 is 13.4. The maximum atomic E-state index is 13.4. The Morgan fingerprint density at radius 3 is 2.72 bits per heavy atom. The molecule has 1 fully saturated rings. The van der Waals surface area contributed by atoms with Gasteiger partial charge >= 0.3 is 0 Å². The van der Waals surface area contributed by atoms with Crippen molar-refractivity contribution in [3.63, 3.8) is 0 Å². The lowest BCUT2D eigenvalue weighted by atomic mass is 10.0. The molecule has 3 heterocycles. The molecule has 1 aliphatic heterocycles. The number of anilines is 2. The van der Waals surface area contributed by atoms with Crippen LogP contribution in [0.3, 0.4) is 0 Å². The molecule has 1 N–H and O–H groups in total. The van der Waals surface area contributed by atoms with E-state index in [2.05, 4.69) is 34.3 Å². The number of benzene rings is 1. The summed E-state index contributed by atoms with van der Waals surface area (Å²) in [5.74, 6) is 0.103. The second-order valence-corrected chi connectivity index (χ2v) is 8.73. The summed E-state index contributed by atoms with van der Waals surface area (Å²) in [4.78, 5) is 27.1. The van der Waals surface area contributed by atoms with Gasteiger partial charge in [0, 0.05) is 24.8 Å². The molecule has 2 aromatic heterocycles. The van der Waals surface area contributed by atoms with Crippen LogP contribution < -0.4 is 5.32 Å². The Bertz CT molecular complexity index is 1050. The van der Waals surface area contributed by atoms with Crippen LogP contribution in [0.1, 0.15) is 22.5 Å². The molecular formula is C20H21ClFN5OS. The van der Waals surface area contributed by atoms with Gasteiger partial charge in [0.1, 0.15) is 22.8 Å². The number of halogens is 2. The molecule has 1 amide bonds. The second-order valence-electron chi connectivity index (χ2n) is 7.29. The van der Waals surface area contributed by atoms with Crippen LogP contribution >= 0.6 is 22.9 Å². The Balaban J connectivity index is 1.56. The molecule has 0 radical (unpaired) electrons. The number of nitrogens with zero attached hydrogens (tertiary/aromatic N) is 4. The first-order valence-corrected chi connectivity index (χ1v) is 10.5. The summed E-state index contributed by atoms with van der Waals surface area (Å²) in [5, 5.41) is 3.92. The van der Waals surface area contributed by atoms with Gasteiger partial charge < -0.3 is 15.1 Å². The predicted octanol–water partition coefficient (Wildman–Crippen LogP) is 4.39. The monoisotopic (exact) mass is 433 g/mol. The number of amides is 1. The quantitative estimate of drug-likeness (QED) is 0.661. The molecule has 4 rings (SSSR count). The van der Waals surface area contributed by atoms with Crippen molar-refractivity contribution in [2.45, 2.75) is 18.9 Å². The molecule has 6 nitrogen and oxygen atoms in total. The maximum absolute atomic E-state index is 13.4. The first kappa shape index (κ1) is 20.0. The number of nitrogens with one attached hydrogen (secondary N) is 1. The number of fused-ring (bicyclic) bond motifs is 1. The van der Waals surface area contributed by atoms with Gasteiger partial charge in [0.25, 0.3) is 5.91 Å². The van der Waals surface area contributed by atoms with Gasteiger partial charge in [-0.3, -0.25) is 4.79 Å². The smallest absolute Gasteiger partial charge is 0.264 e. The highest BCUT2D eigenvalue weighted by Crippen LogP contribution is 2.32. The molecular weight excluding hydrogens is 413 g/mol. The van der Waals surface area contributed by atoms with Crippen LogP contribution in [0.15, 0.2) is 30.6 Å². The van der Waals surface area contributed by atoms with E-state index in [1.165, 1.54) is 29.8 Å². The molecule has 29 heavy (non-hydrogen) atoms. The highest BCUT2D eigenvalue weighted by atomic mass is 35.5. The highest BCUT2D eigenvalue weighted by molar-refractivity contribution is 7.20. The standard InChI is InChI=1S/C20H21ClFN5OS/c1-26(2)13-5-7-27(8-6-13)20(28)17-10-14-18(23-11-24-19(14)29-17)25-12-3-4-16(22)15(21)9-12/h3-4,9-11,13H,5-8H2,1-2H3,(H,23,24,25). The number of carbonyl (C=O) groups excluding carboxylic acids is 1. The Kier molecular flexibility index (Phi) is 5.67. The van der Waals surface area contributed by atoms with Gasteiger partial charge in [0.05, 0.1) is 15.3 Å². The third-order valence-electron chi connectivity index (χ3n) is 5.20. The lowest BCUT2D eigenvalue weighted by Crippen LogP contribution is -2.44. The van der Waals surface area contributed by atoms with Crippen LogP contribution in [0.5, 0.6) is 0 Å². The number of aromatic nitrogens is 2. The van der Waals surface area contributed by atoms with E-state index in [-0.39, 0.29) is 10.9 Å². The fourth-order valence-electron chi connectivity index (χ4n) is 3.51. The Hall–Kier alpha value is -2.29. The first-order valence-electron chi connectivity index (χ1n) is 9.34. The fourth-order valence-corrected chi connectivity index (χ4v) is 4.66. The average Bonchev–Trinajstić information content (AvgIpc) is 3.16. The number of thiophene rings is 1. The summed E-state index contributed by atoms with van der Waals surface area (Å²) in [7, 11) is 4.16. The molecule has 0 saturated carbocycles. The van der Waals surface area contributed by atoms with Crippen molar-refractivity contribution in [2.75, 3.05) is 32.5 Å². The lowest BCUT2D eigenvalue weighted by Gasteiger charge is -2.35. The molecule has 9 heteroatoms. The average molecular weight is 434 g/mol. The Morgan fingerprint density at radius 2 is 2.03 bits per heavy atom. The van der Waals surface area contributed by atoms with Crippen LogP contribution in [0.2, 0.25) is 5.02 Å². The largest absolute Gasteiger partial charge is 0.340 e. The molecule has 1 saturated heterocycles. The molecule has 1 aliphatic rings. The number of hydrogen-bond acceptors (Lipinski definition) is 6. The maximum Gasteiger partial charge on any atom is 0.264 e. The van der Waals surface area contributed by atoms with E-state index in [9.17, 15) is 9.18 Å². The molecule has 0 unspecified atom stereocenters. The molecule has 1 aromatic carbocycles. The number of rotatable bonds is 4. The summed E-state index contributed by atoms with van der Waals surface area (Å²) in [6.07, 6.45) is 3.40. The predicted molar refractivity (Wildman–Crippen MR) is 115 cm³/mol. The van der Waals surface area contributed by atoms with Crippen LogP contribution in [0.4, 0.5) is 15.9 Å². The van der Waals surface area contributed by atoms with Crippen molar-refractivity contribution < 1.29 is 9.18 Å².